The van der Waals surface area contributed by atoms with E-state index >= 15 is 0 Å². The molecule has 5 heteroatoms. The molecule has 0 aliphatic heterocycles. The Morgan fingerprint density at radius 2 is 2.32 bits per heavy atom. The molecule has 2 rings (SSSR count). The van der Waals surface area contributed by atoms with Crippen molar-refractivity contribution in [1.29, 1.82) is 0 Å². The van der Waals surface area contributed by atoms with Crippen LogP contribution >= 0.6 is 11.8 Å². The molecule has 1 aliphatic carbocycles. The van der Waals surface area contributed by atoms with E-state index in [1.54, 1.807) is 25.1 Å². The lowest BCUT2D eigenvalue weighted by Gasteiger charge is -2.21. The number of ether oxygens (including phenoxy) is 1. The van der Waals surface area contributed by atoms with E-state index in [0.29, 0.717) is 24.3 Å². The van der Waals surface area contributed by atoms with Gasteiger partial charge < -0.3 is 10.5 Å². The second kappa shape index (κ2) is 5.92. The third kappa shape index (κ3) is 3.28. The van der Waals surface area contributed by atoms with Crippen molar-refractivity contribution in [1.82, 2.24) is 0 Å². The summed E-state index contributed by atoms with van der Waals surface area (Å²) < 4.78 is 18.6. The minimum atomic E-state index is -0.904. The lowest BCUT2D eigenvalue weighted by molar-refractivity contribution is -0.149. The number of carbonyl (C=O) groups is 1. The van der Waals surface area contributed by atoms with Crippen molar-refractivity contribution in [3.63, 3.8) is 0 Å². The Labute approximate surface area is 116 Å². The second-order valence-corrected chi connectivity index (χ2v) is 6.13. The number of halogens is 1. The Hall–Kier alpha value is -1.07. The molecule has 1 fully saturated rings. The number of carbonyl (C=O) groups excluding carboxylic acids is 1. The van der Waals surface area contributed by atoms with Crippen LogP contribution in [0.3, 0.4) is 0 Å². The van der Waals surface area contributed by atoms with E-state index in [4.69, 9.17) is 10.5 Å². The molecule has 19 heavy (non-hydrogen) atoms. The first-order chi connectivity index (χ1) is 9.05. The topological polar surface area (TPSA) is 52.3 Å². The summed E-state index contributed by atoms with van der Waals surface area (Å²) in [7, 11) is 0. The van der Waals surface area contributed by atoms with E-state index in [1.807, 2.05) is 0 Å². The van der Waals surface area contributed by atoms with Gasteiger partial charge in [-0.05, 0) is 38.3 Å². The highest BCUT2D eigenvalue weighted by atomic mass is 32.2. The van der Waals surface area contributed by atoms with Gasteiger partial charge in [0.05, 0.1) is 6.61 Å². The smallest absolute Gasteiger partial charge is 0.326 e. The molecular weight excluding hydrogens is 265 g/mol. The van der Waals surface area contributed by atoms with Crippen LogP contribution in [-0.4, -0.2) is 23.4 Å². The summed E-state index contributed by atoms with van der Waals surface area (Å²) in [4.78, 5) is 12.4. The summed E-state index contributed by atoms with van der Waals surface area (Å²) in [5.74, 6) is -0.565. The predicted octanol–water partition coefficient (Wildman–Crippen LogP) is 2.73. The molecule has 2 N–H and O–H groups in total. The quantitative estimate of drug-likeness (QED) is 0.863. The van der Waals surface area contributed by atoms with Gasteiger partial charge in [0.25, 0.3) is 0 Å². The maximum atomic E-state index is 13.6. The minimum absolute atomic E-state index is 0.159. The molecular formula is C14H18FNO2S. The highest BCUT2D eigenvalue weighted by Crippen LogP contribution is 2.40. The normalized spacial score (nSPS) is 26.4. The van der Waals surface area contributed by atoms with Gasteiger partial charge in [-0.1, -0.05) is 12.1 Å². The lowest BCUT2D eigenvalue weighted by atomic mass is 10.00. The molecule has 2 atom stereocenters. The first-order valence-corrected chi connectivity index (χ1v) is 7.30. The van der Waals surface area contributed by atoms with Gasteiger partial charge in [0.15, 0.2) is 0 Å². The van der Waals surface area contributed by atoms with Gasteiger partial charge in [0.2, 0.25) is 0 Å². The monoisotopic (exact) mass is 283 g/mol. The Morgan fingerprint density at radius 1 is 1.58 bits per heavy atom. The molecule has 0 saturated heterocycles. The third-order valence-electron chi connectivity index (χ3n) is 3.32. The average Bonchev–Trinajstić information content (AvgIpc) is 2.76. The Kier molecular flexibility index (Phi) is 4.47. The summed E-state index contributed by atoms with van der Waals surface area (Å²) >= 11 is 1.45. The van der Waals surface area contributed by atoms with Crippen LogP contribution < -0.4 is 5.73 Å². The highest BCUT2D eigenvalue weighted by molar-refractivity contribution is 8.00. The van der Waals surface area contributed by atoms with Gasteiger partial charge in [0.1, 0.15) is 11.4 Å². The number of hydrogen-bond acceptors (Lipinski definition) is 4. The van der Waals surface area contributed by atoms with Gasteiger partial charge in [0, 0.05) is 10.1 Å². The molecule has 0 spiro atoms. The fourth-order valence-electron chi connectivity index (χ4n) is 2.31. The predicted molar refractivity (Wildman–Crippen MR) is 73.4 cm³/mol. The first kappa shape index (κ1) is 14.3. The van der Waals surface area contributed by atoms with Crippen molar-refractivity contribution >= 4 is 17.7 Å². The molecule has 1 aromatic rings. The molecule has 2 unspecified atom stereocenters. The van der Waals surface area contributed by atoms with Crippen molar-refractivity contribution in [2.75, 3.05) is 6.61 Å². The number of esters is 1. The maximum Gasteiger partial charge on any atom is 0.326 e. The summed E-state index contributed by atoms with van der Waals surface area (Å²) in [5, 5.41) is 0.159. The van der Waals surface area contributed by atoms with E-state index in [9.17, 15) is 9.18 Å². The Bertz CT molecular complexity index is 469. The lowest BCUT2D eigenvalue weighted by Crippen LogP contribution is -2.47. The third-order valence-corrected chi connectivity index (χ3v) is 4.64. The summed E-state index contributed by atoms with van der Waals surface area (Å²) in [6.07, 6.45) is 1.93. The van der Waals surface area contributed by atoms with Crippen LogP contribution in [0.25, 0.3) is 0 Å². The van der Waals surface area contributed by atoms with Crippen molar-refractivity contribution < 1.29 is 13.9 Å². The van der Waals surface area contributed by atoms with Gasteiger partial charge in [-0.2, -0.15) is 0 Å². The number of rotatable bonds is 4. The second-order valence-electron chi connectivity index (χ2n) is 4.79. The van der Waals surface area contributed by atoms with E-state index in [1.165, 1.54) is 17.8 Å². The zero-order valence-electron chi connectivity index (χ0n) is 10.9. The Balaban J connectivity index is 1.99. The largest absolute Gasteiger partial charge is 0.465 e. The van der Waals surface area contributed by atoms with E-state index in [-0.39, 0.29) is 17.0 Å². The minimum Gasteiger partial charge on any atom is -0.465 e. The molecule has 104 valence electrons. The van der Waals surface area contributed by atoms with Crippen LogP contribution in [-0.2, 0) is 9.53 Å². The van der Waals surface area contributed by atoms with Gasteiger partial charge in [-0.3, -0.25) is 4.79 Å². The summed E-state index contributed by atoms with van der Waals surface area (Å²) in [6, 6.07) is 6.67. The van der Waals surface area contributed by atoms with E-state index in [2.05, 4.69) is 0 Å². The number of nitrogens with two attached hydrogens (primary N) is 1. The summed E-state index contributed by atoms with van der Waals surface area (Å²) in [5.41, 5.74) is 5.19. The SMILES string of the molecule is CCOC(=O)C1(N)CCC(Sc2ccccc2F)C1. The zero-order valence-corrected chi connectivity index (χ0v) is 11.7. The molecule has 0 aromatic heterocycles. The number of benzene rings is 1. The number of thioether (sulfide) groups is 1. The summed E-state index contributed by atoms with van der Waals surface area (Å²) in [6.45, 7) is 2.10. The van der Waals surface area contributed by atoms with Crippen LogP contribution in [0.15, 0.2) is 29.2 Å². The molecule has 0 radical (unpaired) electrons. The van der Waals surface area contributed by atoms with Gasteiger partial charge in [-0.15, -0.1) is 11.8 Å². The molecule has 0 amide bonds. The van der Waals surface area contributed by atoms with E-state index < -0.39 is 5.54 Å². The first-order valence-electron chi connectivity index (χ1n) is 6.42. The molecule has 3 nitrogen and oxygen atoms in total. The molecule has 0 bridgehead atoms. The molecule has 0 heterocycles. The van der Waals surface area contributed by atoms with Gasteiger partial charge in [-0.25, -0.2) is 4.39 Å². The van der Waals surface area contributed by atoms with Crippen molar-refractivity contribution in [3.05, 3.63) is 30.1 Å². The van der Waals surface area contributed by atoms with Gasteiger partial charge >= 0.3 is 5.97 Å². The van der Waals surface area contributed by atoms with Crippen LogP contribution in [0.4, 0.5) is 4.39 Å². The zero-order chi connectivity index (χ0) is 13.9. The fraction of sp³-hybridized carbons (Fsp3) is 0.500. The fourth-order valence-corrected chi connectivity index (χ4v) is 3.62. The van der Waals surface area contributed by atoms with Crippen LogP contribution in [0.5, 0.6) is 0 Å². The average molecular weight is 283 g/mol. The standard InChI is InChI=1S/C14H18FNO2S/c1-2-18-13(17)14(16)8-7-10(9-14)19-12-6-4-3-5-11(12)15/h3-6,10H,2,7-9,16H2,1H3. The molecule has 1 aliphatic rings. The van der Waals surface area contributed by atoms with Crippen molar-refractivity contribution in [2.45, 2.75) is 41.9 Å². The van der Waals surface area contributed by atoms with Crippen molar-refractivity contribution in [2.24, 2.45) is 5.73 Å². The van der Waals surface area contributed by atoms with Crippen LogP contribution in [0, 0.1) is 5.82 Å². The highest BCUT2D eigenvalue weighted by Gasteiger charge is 2.43. The van der Waals surface area contributed by atoms with Crippen LogP contribution in [0.2, 0.25) is 0 Å². The number of hydrogen-bond donors (Lipinski definition) is 1. The van der Waals surface area contributed by atoms with E-state index in [0.717, 1.165) is 6.42 Å². The molecule has 1 aromatic carbocycles. The Morgan fingerprint density at radius 3 is 3.00 bits per heavy atom. The van der Waals surface area contributed by atoms with Crippen molar-refractivity contribution in [3.8, 4) is 0 Å². The molecule has 1 saturated carbocycles. The maximum absolute atomic E-state index is 13.6. The van der Waals surface area contributed by atoms with Crippen LogP contribution in [0.1, 0.15) is 26.2 Å².